The molecule has 2 fully saturated rings. The number of aromatic nitrogens is 2. The maximum Gasteiger partial charge on any atom is 0.410 e. The topological polar surface area (TPSA) is 67.7 Å². The van der Waals surface area contributed by atoms with E-state index in [-0.39, 0.29) is 30.6 Å². The first-order chi connectivity index (χ1) is 12.6. The Morgan fingerprint density at radius 2 is 2.15 bits per heavy atom. The van der Waals surface area contributed by atoms with Crippen LogP contribution in [0.5, 0.6) is 0 Å². The molecule has 1 atom stereocenters. The molecule has 4 heterocycles. The van der Waals surface area contributed by atoms with Crippen molar-refractivity contribution in [3.05, 3.63) is 29.8 Å². The summed E-state index contributed by atoms with van der Waals surface area (Å²) < 4.78 is 6.81. The van der Waals surface area contributed by atoms with Gasteiger partial charge in [-0.25, -0.2) is 4.79 Å². The fraction of sp³-hybridized carbons (Fsp3) is 0.500. The van der Waals surface area contributed by atoms with Gasteiger partial charge in [-0.05, 0) is 37.3 Å². The molecule has 138 valence electrons. The molecule has 0 spiro atoms. The Kier molecular flexibility index (Phi) is 4.67. The smallest absolute Gasteiger partial charge is 0.410 e. The third kappa shape index (κ3) is 3.33. The third-order valence-electron chi connectivity index (χ3n) is 5.06. The first kappa shape index (κ1) is 17.1. The number of hydrogen-bond donors (Lipinski definition) is 0. The molecule has 26 heavy (non-hydrogen) atoms. The lowest BCUT2D eigenvalue weighted by atomic mass is 10.0. The van der Waals surface area contributed by atoms with Crippen molar-refractivity contribution in [2.45, 2.75) is 38.4 Å². The molecule has 1 unspecified atom stereocenters. The van der Waals surface area contributed by atoms with Crippen LogP contribution in [0, 0.1) is 0 Å². The Balaban J connectivity index is 1.32. The number of nitrogens with zero attached hydrogens (tertiary/aromatic N) is 4. The molecule has 0 aliphatic carbocycles. The van der Waals surface area contributed by atoms with Crippen molar-refractivity contribution in [3.63, 3.8) is 0 Å². The SMILES string of the molecule is CC1COC(=O)N1C1CCN(C(=O)Cn2ccc(-c3cccs3)n2)CC1. The number of piperidine rings is 1. The van der Waals surface area contributed by atoms with Crippen LogP contribution in [-0.4, -0.2) is 63.4 Å². The van der Waals surface area contributed by atoms with Crippen LogP contribution < -0.4 is 0 Å². The van der Waals surface area contributed by atoms with Crippen LogP contribution in [-0.2, 0) is 16.1 Å². The van der Waals surface area contributed by atoms with Crippen molar-refractivity contribution in [1.29, 1.82) is 0 Å². The number of rotatable bonds is 4. The first-order valence-electron chi connectivity index (χ1n) is 8.92. The fourth-order valence-electron chi connectivity index (χ4n) is 3.67. The summed E-state index contributed by atoms with van der Waals surface area (Å²) in [6.45, 7) is 4.05. The number of amides is 2. The van der Waals surface area contributed by atoms with Crippen LogP contribution in [0.15, 0.2) is 29.8 Å². The minimum Gasteiger partial charge on any atom is -0.447 e. The largest absolute Gasteiger partial charge is 0.447 e. The molecule has 7 nitrogen and oxygen atoms in total. The molecule has 0 N–H and O–H groups in total. The highest BCUT2D eigenvalue weighted by Crippen LogP contribution is 2.24. The second-order valence-electron chi connectivity index (χ2n) is 6.82. The van der Waals surface area contributed by atoms with E-state index in [4.69, 9.17) is 4.74 Å². The molecule has 2 aliphatic heterocycles. The second-order valence-corrected chi connectivity index (χ2v) is 7.77. The summed E-state index contributed by atoms with van der Waals surface area (Å²) >= 11 is 1.64. The normalized spacial score (nSPS) is 21.3. The second kappa shape index (κ2) is 7.11. The number of ether oxygens (including phenoxy) is 1. The van der Waals surface area contributed by atoms with Gasteiger partial charge in [-0.3, -0.25) is 14.4 Å². The molecule has 0 aromatic carbocycles. The number of thiophene rings is 1. The zero-order chi connectivity index (χ0) is 18.1. The number of carbonyl (C=O) groups excluding carboxylic acids is 2. The highest BCUT2D eigenvalue weighted by molar-refractivity contribution is 7.13. The van der Waals surface area contributed by atoms with Crippen LogP contribution in [0.2, 0.25) is 0 Å². The van der Waals surface area contributed by atoms with E-state index >= 15 is 0 Å². The quantitative estimate of drug-likeness (QED) is 0.824. The average molecular weight is 374 g/mol. The first-order valence-corrected chi connectivity index (χ1v) is 9.80. The Hall–Kier alpha value is -2.35. The molecule has 2 aromatic rings. The van der Waals surface area contributed by atoms with Gasteiger partial charge in [0.05, 0.1) is 10.9 Å². The van der Waals surface area contributed by atoms with Gasteiger partial charge in [0.15, 0.2) is 0 Å². The van der Waals surface area contributed by atoms with E-state index in [1.165, 1.54) is 0 Å². The molecule has 2 amide bonds. The van der Waals surface area contributed by atoms with Crippen LogP contribution in [0.4, 0.5) is 4.79 Å². The molecule has 8 heteroatoms. The summed E-state index contributed by atoms with van der Waals surface area (Å²) in [5.74, 6) is 0.0707. The zero-order valence-corrected chi connectivity index (χ0v) is 15.5. The van der Waals surface area contributed by atoms with Gasteiger partial charge in [-0.1, -0.05) is 6.07 Å². The molecule has 0 radical (unpaired) electrons. The molecule has 0 saturated carbocycles. The maximum absolute atomic E-state index is 12.6. The number of hydrogen-bond acceptors (Lipinski definition) is 5. The van der Waals surface area contributed by atoms with Crippen molar-refractivity contribution >= 4 is 23.3 Å². The molecule has 2 aliphatic rings. The zero-order valence-electron chi connectivity index (χ0n) is 14.7. The Morgan fingerprint density at radius 3 is 2.81 bits per heavy atom. The van der Waals surface area contributed by atoms with E-state index in [1.807, 2.05) is 46.5 Å². The number of cyclic esters (lactones) is 1. The van der Waals surface area contributed by atoms with Gasteiger partial charge in [0.25, 0.3) is 0 Å². The lowest BCUT2D eigenvalue weighted by molar-refractivity contribution is -0.133. The van der Waals surface area contributed by atoms with E-state index in [2.05, 4.69) is 5.10 Å². The van der Waals surface area contributed by atoms with Crippen LogP contribution in [0.25, 0.3) is 10.6 Å². The van der Waals surface area contributed by atoms with E-state index in [0.717, 1.165) is 23.4 Å². The van der Waals surface area contributed by atoms with Crippen molar-refractivity contribution in [3.8, 4) is 10.6 Å². The Bertz CT molecular complexity index is 780. The molecule has 4 rings (SSSR count). The van der Waals surface area contributed by atoms with Crippen LogP contribution >= 0.6 is 11.3 Å². The maximum atomic E-state index is 12.6. The Morgan fingerprint density at radius 1 is 1.35 bits per heavy atom. The van der Waals surface area contributed by atoms with Gasteiger partial charge in [-0.15, -0.1) is 11.3 Å². The summed E-state index contributed by atoms with van der Waals surface area (Å²) in [6, 6.07) is 6.24. The molecule has 2 saturated heterocycles. The summed E-state index contributed by atoms with van der Waals surface area (Å²) in [4.78, 5) is 29.2. The number of carbonyl (C=O) groups is 2. The summed E-state index contributed by atoms with van der Waals surface area (Å²) in [6.07, 6.45) is 3.22. The van der Waals surface area contributed by atoms with Crippen molar-refractivity contribution < 1.29 is 14.3 Å². The van der Waals surface area contributed by atoms with Crippen LogP contribution in [0.1, 0.15) is 19.8 Å². The predicted octanol–water partition coefficient (Wildman–Crippen LogP) is 2.44. The highest BCUT2D eigenvalue weighted by atomic mass is 32.1. The van der Waals surface area contributed by atoms with E-state index < -0.39 is 0 Å². The third-order valence-corrected chi connectivity index (χ3v) is 5.95. The van der Waals surface area contributed by atoms with Gasteiger partial charge in [0.2, 0.25) is 5.91 Å². The van der Waals surface area contributed by atoms with Crippen molar-refractivity contribution in [1.82, 2.24) is 19.6 Å². The summed E-state index contributed by atoms with van der Waals surface area (Å²) in [7, 11) is 0. The Labute approximate surface area is 156 Å². The van der Waals surface area contributed by atoms with Gasteiger partial charge in [-0.2, -0.15) is 5.10 Å². The van der Waals surface area contributed by atoms with Crippen molar-refractivity contribution in [2.24, 2.45) is 0 Å². The molecule has 2 aromatic heterocycles. The van der Waals surface area contributed by atoms with E-state index in [9.17, 15) is 9.59 Å². The summed E-state index contributed by atoms with van der Waals surface area (Å²) in [5, 5.41) is 6.51. The monoisotopic (exact) mass is 374 g/mol. The molecule has 0 bridgehead atoms. The minimum absolute atomic E-state index is 0.0707. The highest BCUT2D eigenvalue weighted by Gasteiger charge is 2.37. The van der Waals surface area contributed by atoms with Gasteiger partial charge < -0.3 is 9.64 Å². The minimum atomic E-state index is -0.222. The van der Waals surface area contributed by atoms with Crippen LogP contribution in [0.3, 0.4) is 0 Å². The van der Waals surface area contributed by atoms with E-state index in [1.54, 1.807) is 16.0 Å². The van der Waals surface area contributed by atoms with Gasteiger partial charge in [0, 0.05) is 25.3 Å². The predicted molar refractivity (Wildman–Crippen MR) is 97.8 cm³/mol. The number of likely N-dealkylation sites (tertiary alicyclic amines) is 1. The van der Waals surface area contributed by atoms with Gasteiger partial charge in [0.1, 0.15) is 18.8 Å². The average Bonchev–Trinajstić information content (AvgIpc) is 3.37. The molecular weight excluding hydrogens is 352 g/mol. The summed E-state index contributed by atoms with van der Waals surface area (Å²) in [5.41, 5.74) is 0.896. The standard InChI is InChI=1S/C18H22N4O3S/c1-13-12-25-18(24)22(13)14-4-7-20(8-5-14)17(23)11-21-9-6-15(19-21)16-3-2-10-26-16/h2-3,6,9-10,13-14H,4-5,7-8,11-12H2,1H3. The lowest BCUT2D eigenvalue weighted by Gasteiger charge is -2.37. The lowest BCUT2D eigenvalue weighted by Crippen LogP contribution is -2.49. The van der Waals surface area contributed by atoms with Gasteiger partial charge >= 0.3 is 6.09 Å². The fourth-order valence-corrected chi connectivity index (χ4v) is 4.36. The van der Waals surface area contributed by atoms with E-state index in [0.29, 0.717) is 19.7 Å². The molecular formula is C18H22N4O3S. The van der Waals surface area contributed by atoms with Crippen molar-refractivity contribution in [2.75, 3.05) is 19.7 Å².